The summed E-state index contributed by atoms with van der Waals surface area (Å²) in [6.45, 7) is 1.03. The van der Waals surface area contributed by atoms with Gasteiger partial charge >= 0.3 is 0 Å². The number of hydrogen-bond acceptors (Lipinski definition) is 5. The number of nitrogens with one attached hydrogen (secondary N) is 1. The Bertz CT molecular complexity index is 1380. The lowest BCUT2D eigenvalue weighted by Crippen LogP contribution is -2.29. The molecule has 0 aliphatic rings. The van der Waals surface area contributed by atoms with E-state index in [0.29, 0.717) is 24.3 Å². The molecule has 7 nitrogen and oxygen atoms in total. The second-order valence-corrected chi connectivity index (χ2v) is 9.23. The van der Waals surface area contributed by atoms with Crippen molar-refractivity contribution < 1.29 is 17.9 Å². The van der Waals surface area contributed by atoms with Gasteiger partial charge in [-0.05, 0) is 34.9 Å². The minimum Gasteiger partial charge on any atom is -0.377 e. The molecule has 0 fully saturated rings. The third-order valence-electron chi connectivity index (χ3n) is 5.06. The molecule has 0 aliphatic heterocycles. The lowest BCUT2D eigenvalue weighted by molar-refractivity contribution is 0.0982. The lowest BCUT2D eigenvalue weighted by atomic mass is 9.98. The van der Waals surface area contributed by atoms with Crippen molar-refractivity contribution in [2.45, 2.75) is 13.2 Å². The Balaban J connectivity index is 1.64. The third-order valence-corrected chi connectivity index (χ3v) is 5.62. The Morgan fingerprint density at radius 3 is 2.41 bits per heavy atom. The molecule has 1 heterocycles. The number of fused-ring (bicyclic) bond motifs is 1. The zero-order chi connectivity index (χ0) is 22.7. The lowest BCUT2D eigenvalue weighted by Gasteiger charge is -2.12. The first kappa shape index (κ1) is 21.7. The first-order valence-electron chi connectivity index (χ1n) is 9.99. The summed E-state index contributed by atoms with van der Waals surface area (Å²) >= 11 is 0. The monoisotopic (exact) mass is 449 g/mol. The fourth-order valence-corrected chi connectivity index (χ4v) is 4.12. The molecule has 1 N–H and O–H groups in total. The fraction of sp³-hybridized carbons (Fsp3) is 0.167. The predicted octanol–water partition coefficient (Wildman–Crippen LogP) is 3.59. The van der Waals surface area contributed by atoms with Gasteiger partial charge in [-0.3, -0.25) is 4.79 Å². The van der Waals surface area contributed by atoms with Crippen molar-refractivity contribution in [2.75, 3.05) is 13.4 Å². The number of hydrogen-bond donors (Lipinski definition) is 1. The maximum absolute atomic E-state index is 12.4. The number of ether oxygens (including phenoxy) is 1. The molecule has 0 unspecified atom stereocenters. The van der Waals surface area contributed by atoms with Crippen molar-refractivity contribution in [3.8, 4) is 11.1 Å². The predicted molar refractivity (Wildman–Crippen MR) is 124 cm³/mol. The number of sulfonamides is 1. The molecule has 32 heavy (non-hydrogen) atoms. The number of imidazole rings is 1. The van der Waals surface area contributed by atoms with E-state index in [1.165, 1.54) is 0 Å². The average Bonchev–Trinajstić information content (AvgIpc) is 3.10. The first-order valence-corrected chi connectivity index (χ1v) is 11.9. The molecule has 0 spiro atoms. The molecule has 0 radical (unpaired) electrons. The highest BCUT2D eigenvalue weighted by atomic mass is 32.2. The van der Waals surface area contributed by atoms with Crippen LogP contribution in [0.1, 0.15) is 21.7 Å². The van der Waals surface area contributed by atoms with Crippen molar-refractivity contribution in [1.29, 1.82) is 0 Å². The van der Waals surface area contributed by atoms with Gasteiger partial charge < -0.3 is 9.30 Å². The smallest absolute Gasteiger partial charge is 0.265 e. The van der Waals surface area contributed by atoms with Gasteiger partial charge in [-0.25, -0.2) is 18.1 Å². The average molecular weight is 450 g/mol. The standard InChI is InChI=1S/C24H23N3O4S/c1-31-16-23-25-21-9-5-6-10-22(21)27(23)15-17-11-13-18(14-12-17)19-7-3-4-8-20(19)24(28)26-32(2,29)30/h3-14H,15-16H2,1-2H3,(H,26,28). The number of benzene rings is 3. The second kappa shape index (κ2) is 8.94. The van der Waals surface area contributed by atoms with Crippen LogP contribution in [0.4, 0.5) is 0 Å². The van der Waals surface area contributed by atoms with Gasteiger partial charge in [0.15, 0.2) is 0 Å². The molecule has 164 valence electrons. The van der Waals surface area contributed by atoms with E-state index in [-0.39, 0.29) is 0 Å². The topological polar surface area (TPSA) is 90.3 Å². The highest BCUT2D eigenvalue weighted by Crippen LogP contribution is 2.25. The number of methoxy groups -OCH3 is 1. The molecule has 0 saturated carbocycles. The van der Waals surface area contributed by atoms with E-state index in [9.17, 15) is 13.2 Å². The highest BCUT2D eigenvalue weighted by Gasteiger charge is 2.16. The van der Waals surface area contributed by atoms with Crippen molar-refractivity contribution in [1.82, 2.24) is 14.3 Å². The van der Waals surface area contributed by atoms with Gasteiger partial charge in [0.05, 0.1) is 17.3 Å². The van der Waals surface area contributed by atoms with E-state index in [1.54, 1.807) is 25.3 Å². The summed E-state index contributed by atoms with van der Waals surface area (Å²) in [5.74, 6) is 0.196. The summed E-state index contributed by atoms with van der Waals surface area (Å²) in [6, 6.07) is 22.7. The van der Waals surface area contributed by atoms with Crippen LogP contribution in [-0.4, -0.2) is 37.2 Å². The first-order chi connectivity index (χ1) is 15.4. The second-order valence-electron chi connectivity index (χ2n) is 7.48. The SMILES string of the molecule is COCc1nc2ccccc2n1Cc1ccc(-c2ccccc2C(=O)NS(C)(=O)=O)cc1. The van der Waals surface area contributed by atoms with Crippen molar-refractivity contribution in [2.24, 2.45) is 0 Å². The summed E-state index contributed by atoms with van der Waals surface area (Å²) in [6.07, 6.45) is 0.958. The highest BCUT2D eigenvalue weighted by molar-refractivity contribution is 7.89. The molecule has 4 rings (SSSR count). The van der Waals surface area contributed by atoms with Gasteiger partial charge in [-0.15, -0.1) is 0 Å². The summed E-state index contributed by atoms with van der Waals surface area (Å²) in [7, 11) is -2.00. The number of aromatic nitrogens is 2. The van der Waals surface area contributed by atoms with Gasteiger partial charge in [0.1, 0.15) is 12.4 Å². The molecular formula is C24H23N3O4S. The van der Waals surface area contributed by atoms with Crippen molar-refractivity contribution >= 4 is 27.0 Å². The van der Waals surface area contributed by atoms with Crippen LogP contribution in [0.5, 0.6) is 0 Å². The van der Waals surface area contributed by atoms with Crippen LogP contribution >= 0.6 is 0 Å². The van der Waals surface area contributed by atoms with Crippen LogP contribution in [-0.2, 0) is 27.9 Å². The molecule has 0 aliphatic carbocycles. The molecule has 4 aromatic rings. The Morgan fingerprint density at radius 1 is 1.00 bits per heavy atom. The van der Waals surface area contributed by atoms with Crippen LogP contribution in [0.15, 0.2) is 72.8 Å². The summed E-state index contributed by atoms with van der Waals surface area (Å²) in [5, 5.41) is 0. The molecule has 0 bridgehead atoms. The van der Waals surface area contributed by atoms with Gasteiger partial charge in [-0.2, -0.15) is 0 Å². The largest absolute Gasteiger partial charge is 0.377 e. The van der Waals surface area contributed by atoms with Gasteiger partial charge in [0.25, 0.3) is 5.91 Å². The summed E-state index contributed by atoms with van der Waals surface area (Å²) in [5.41, 5.74) is 4.79. The zero-order valence-electron chi connectivity index (χ0n) is 17.8. The van der Waals surface area contributed by atoms with Crippen LogP contribution in [0.3, 0.4) is 0 Å². The quantitative estimate of drug-likeness (QED) is 0.466. The van der Waals surface area contributed by atoms with Crippen LogP contribution in [0.2, 0.25) is 0 Å². The number of nitrogens with zero attached hydrogens (tertiary/aromatic N) is 2. The van der Waals surface area contributed by atoms with E-state index in [0.717, 1.165) is 34.2 Å². The van der Waals surface area contributed by atoms with E-state index < -0.39 is 15.9 Å². The number of amides is 1. The Morgan fingerprint density at radius 2 is 1.69 bits per heavy atom. The van der Waals surface area contributed by atoms with Crippen molar-refractivity contribution in [3.05, 3.63) is 89.7 Å². The van der Waals surface area contributed by atoms with E-state index in [2.05, 4.69) is 9.55 Å². The van der Waals surface area contributed by atoms with Crippen LogP contribution in [0.25, 0.3) is 22.2 Å². The normalized spacial score (nSPS) is 11.6. The minimum atomic E-state index is -3.65. The molecule has 0 saturated heterocycles. The molecule has 1 amide bonds. The molecule has 8 heteroatoms. The van der Waals surface area contributed by atoms with Crippen LogP contribution in [0, 0.1) is 0 Å². The Hall–Kier alpha value is -3.49. The Labute approximate surface area is 186 Å². The van der Waals surface area contributed by atoms with Crippen LogP contribution < -0.4 is 4.72 Å². The molecule has 1 aromatic heterocycles. The summed E-state index contributed by atoms with van der Waals surface area (Å²) < 4.78 is 32.4. The number of rotatable bonds is 7. The van der Waals surface area contributed by atoms with Gasteiger partial charge in [-0.1, -0.05) is 54.6 Å². The van der Waals surface area contributed by atoms with E-state index >= 15 is 0 Å². The minimum absolute atomic E-state index is 0.300. The molecule has 3 aromatic carbocycles. The maximum atomic E-state index is 12.4. The van der Waals surface area contributed by atoms with E-state index in [4.69, 9.17) is 4.74 Å². The summed E-state index contributed by atoms with van der Waals surface area (Å²) in [4.78, 5) is 17.1. The van der Waals surface area contributed by atoms with Gasteiger partial charge in [0, 0.05) is 19.2 Å². The third kappa shape index (κ3) is 4.71. The van der Waals surface area contributed by atoms with Gasteiger partial charge in [0.2, 0.25) is 10.0 Å². The van der Waals surface area contributed by atoms with E-state index in [1.807, 2.05) is 59.3 Å². The maximum Gasteiger partial charge on any atom is 0.265 e. The zero-order valence-corrected chi connectivity index (χ0v) is 18.6. The van der Waals surface area contributed by atoms with Crippen molar-refractivity contribution in [3.63, 3.8) is 0 Å². The Kier molecular flexibility index (Phi) is 6.07. The number of carbonyl (C=O) groups is 1. The number of carbonyl (C=O) groups excluding carboxylic acids is 1. The number of para-hydroxylation sites is 2. The fourth-order valence-electron chi connectivity index (χ4n) is 3.67. The molecule has 0 atom stereocenters. The molecular weight excluding hydrogens is 426 g/mol.